The van der Waals surface area contributed by atoms with Gasteiger partial charge in [0.05, 0.1) is 23.9 Å². The third-order valence-electron chi connectivity index (χ3n) is 1.98. The minimum absolute atomic E-state index is 0.00676. The zero-order valence-corrected chi connectivity index (χ0v) is 8.75. The third kappa shape index (κ3) is 3.22. The highest BCUT2D eigenvalue weighted by Crippen LogP contribution is 2.19. The van der Waals surface area contributed by atoms with E-state index in [0.717, 1.165) is 4.68 Å². The highest BCUT2D eigenvalue weighted by Gasteiger charge is 2.30. The maximum atomic E-state index is 12.2. The Balaban J connectivity index is 2.96. The molecule has 1 heterocycles. The smallest absolute Gasteiger partial charge is 0.240 e. The maximum absolute atomic E-state index is 12.2. The monoisotopic (exact) mass is 232 g/mol. The van der Waals surface area contributed by atoms with Gasteiger partial charge in [0.25, 0.3) is 0 Å². The van der Waals surface area contributed by atoms with E-state index >= 15 is 0 Å². The normalized spacial score (nSPS) is 11.4. The van der Waals surface area contributed by atoms with Crippen molar-refractivity contribution >= 4 is 0 Å². The van der Waals surface area contributed by atoms with Crippen LogP contribution in [0.5, 0.6) is 0 Å². The Hall–Kier alpha value is -1.58. The fourth-order valence-corrected chi connectivity index (χ4v) is 1.39. The molecule has 0 saturated carbocycles. The predicted molar refractivity (Wildman–Crippen MR) is 49.4 cm³/mol. The van der Waals surface area contributed by atoms with Crippen molar-refractivity contribution in [2.75, 3.05) is 0 Å². The molecule has 0 aliphatic carbocycles. The van der Waals surface area contributed by atoms with Gasteiger partial charge in [0, 0.05) is 0 Å². The minimum atomic E-state index is -4.32. The van der Waals surface area contributed by atoms with E-state index in [-0.39, 0.29) is 6.42 Å². The van der Waals surface area contributed by atoms with Crippen LogP contribution in [-0.2, 0) is 19.4 Å². The van der Waals surface area contributed by atoms with Crippen LogP contribution in [0, 0.1) is 11.3 Å². The van der Waals surface area contributed by atoms with E-state index in [9.17, 15) is 13.2 Å². The number of nitrogens with zero attached hydrogens (tertiary/aromatic N) is 4. The Kier molecular flexibility index (Phi) is 3.88. The summed E-state index contributed by atoms with van der Waals surface area (Å²) in [5.74, 6) is 0. The number of nitriles is 1. The Morgan fingerprint density at radius 1 is 1.44 bits per heavy atom. The summed E-state index contributed by atoms with van der Waals surface area (Å²) in [6.45, 7) is 0.696. The molecule has 0 aliphatic heterocycles. The van der Waals surface area contributed by atoms with E-state index in [1.54, 1.807) is 0 Å². The summed E-state index contributed by atoms with van der Waals surface area (Å²) < 4.78 is 37.4. The number of aromatic nitrogens is 3. The summed E-state index contributed by atoms with van der Waals surface area (Å²) in [4.78, 5) is 0. The summed E-state index contributed by atoms with van der Waals surface area (Å²) in [7, 11) is 0. The van der Waals surface area contributed by atoms with Crippen molar-refractivity contribution in [1.82, 2.24) is 15.0 Å². The quantitative estimate of drug-likeness (QED) is 0.796. The van der Waals surface area contributed by atoms with Gasteiger partial charge < -0.3 is 0 Å². The van der Waals surface area contributed by atoms with Gasteiger partial charge in [-0.15, -0.1) is 5.10 Å². The van der Waals surface area contributed by atoms with Crippen LogP contribution >= 0.6 is 0 Å². The first kappa shape index (κ1) is 12.5. The van der Waals surface area contributed by atoms with Crippen LogP contribution in [0.4, 0.5) is 13.2 Å². The van der Waals surface area contributed by atoms with E-state index < -0.39 is 12.7 Å². The van der Waals surface area contributed by atoms with Crippen molar-refractivity contribution in [3.8, 4) is 6.07 Å². The first-order valence-electron chi connectivity index (χ1n) is 4.83. The summed E-state index contributed by atoms with van der Waals surface area (Å²) in [6.07, 6.45) is -3.20. The van der Waals surface area contributed by atoms with Crippen molar-refractivity contribution in [2.45, 2.75) is 38.9 Å². The molecule has 0 aromatic carbocycles. The molecule has 16 heavy (non-hydrogen) atoms. The van der Waals surface area contributed by atoms with Gasteiger partial charge in [-0.2, -0.15) is 18.4 Å². The van der Waals surface area contributed by atoms with Gasteiger partial charge in [-0.25, -0.2) is 4.68 Å². The van der Waals surface area contributed by atoms with E-state index in [2.05, 4.69) is 10.3 Å². The average molecular weight is 232 g/mol. The second-order valence-electron chi connectivity index (χ2n) is 3.34. The topological polar surface area (TPSA) is 54.5 Å². The molecule has 0 N–H and O–H groups in total. The molecule has 7 heteroatoms. The number of rotatable bonds is 4. The fraction of sp³-hybridized carbons (Fsp3) is 0.667. The lowest BCUT2D eigenvalue weighted by Crippen LogP contribution is -2.20. The molecule has 88 valence electrons. The zero-order valence-electron chi connectivity index (χ0n) is 8.75. The van der Waals surface area contributed by atoms with Crippen molar-refractivity contribution in [3.05, 3.63) is 11.4 Å². The van der Waals surface area contributed by atoms with Crippen molar-refractivity contribution in [3.63, 3.8) is 0 Å². The molecule has 0 amide bonds. The molecule has 0 bridgehead atoms. The highest BCUT2D eigenvalue weighted by atomic mass is 19.4. The van der Waals surface area contributed by atoms with Gasteiger partial charge in [0.2, 0.25) is 0 Å². The largest absolute Gasteiger partial charge is 0.408 e. The van der Waals surface area contributed by atoms with Gasteiger partial charge in [0.15, 0.2) is 0 Å². The lowest BCUT2D eigenvalue weighted by molar-refractivity contribution is -0.143. The fourth-order valence-electron chi connectivity index (χ4n) is 1.39. The number of alkyl halides is 3. The number of hydrogen-bond acceptors (Lipinski definition) is 3. The third-order valence-corrected chi connectivity index (χ3v) is 1.98. The number of hydrogen-bond donors (Lipinski definition) is 0. The summed E-state index contributed by atoms with van der Waals surface area (Å²) in [5, 5.41) is 15.5. The molecule has 0 unspecified atom stereocenters. The van der Waals surface area contributed by atoms with Crippen LogP contribution in [0.15, 0.2) is 0 Å². The van der Waals surface area contributed by atoms with Gasteiger partial charge in [0.1, 0.15) is 6.54 Å². The minimum Gasteiger partial charge on any atom is -0.240 e. The van der Waals surface area contributed by atoms with Crippen LogP contribution in [0.1, 0.15) is 24.7 Å². The second kappa shape index (κ2) is 4.96. The van der Waals surface area contributed by atoms with Gasteiger partial charge >= 0.3 is 6.18 Å². The Bertz CT molecular complexity index is 388. The van der Waals surface area contributed by atoms with Gasteiger partial charge in [-0.05, 0) is 6.42 Å². The van der Waals surface area contributed by atoms with E-state index in [1.165, 1.54) is 0 Å². The zero-order chi connectivity index (χ0) is 12.2. The molecule has 4 nitrogen and oxygen atoms in total. The first-order valence-corrected chi connectivity index (χ1v) is 4.83. The molecule has 0 saturated heterocycles. The molecule has 1 aromatic rings. The Morgan fingerprint density at radius 2 is 2.12 bits per heavy atom. The summed E-state index contributed by atoms with van der Waals surface area (Å²) in [5.41, 5.74) is 0.745. The SMILES string of the molecule is CCCc1c(CC#N)nnn1CC(F)(F)F. The first-order chi connectivity index (χ1) is 7.48. The van der Waals surface area contributed by atoms with Crippen LogP contribution < -0.4 is 0 Å². The van der Waals surface area contributed by atoms with Crippen molar-refractivity contribution < 1.29 is 13.2 Å². The molecule has 1 rings (SSSR count). The highest BCUT2D eigenvalue weighted by molar-refractivity contribution is 5.14. The van der Waals surface area contributed by atoms with E-state index in [1.807, 2.05) is 13.0 Å². The molecule has 0 aliphatic rings. The average Bonchev–Trinajstić information content (AvgIpc) is 2.49. The molecule has 0 spiro atoms. The second-order valence-corrected chi connectivity index (χ2v) is 3.34. The maximum Gasteiger partial charge on any atom is 0.408 e. The van der Waals surface area contributed by atoms with Crippen LogP contribution in [0.3, 0.4) is 0 Å². The number of halogens is 3. The molecule has 0 fully saturated rings. The molecular weight excluding hydrogens is 221 g/mol. The van der Waals surface area contributed by atoms with Crippen LogP contribution in [0.25, 0.3) is 0 Å². The van der Waals surface area contributed by atoms with E-state index in [0.29, 0.717) is 24.2 Å². The molecular formula is C9H11F3N4. The summed E-state index contributed by atoms with van der Waals surface area (Å²) in [6, 6.07) is 1.86. The predicted octanol–water partition coefficient (Wildman–Crippen LogP) is 1.86. The Morgan fingerprint density at radius 3 is 2.62 bits per heavy atom. The van der Waals surface area contributed by atoms with Crippen molar-refractivity contribution in [2.24, 2.45) is 0 Å². The van der Waals surface area contributed by atoms with Crippen molar-refractivity contribution in [1.29, 1.82) is 5.26 Å². The van der Waals surface area contributed by atoms with Crippen LogP contribution in [0.2, 0.25) is 0 Å². The summed E-state index contributed by atoms with van der Waals surface area (Å²) >= 11 is 0. The molecule has 0 radical (unpaired) electrons. The standard InChI is InChI=1S/C9H11F3N4/c1-2-3-8-7(4-5-13)14-15-16(8)6-9(10,11)12/h2-4,6H2,1H3. The molecule has 0 atom stereocenters. The van der Waals surface area contributed by atoms with Crippen LogP contribution in [-0.4, -0.2) is 21.2 Å². The lowest BCUT2D eigenvalue weighted by Gasteiger charge is -2.09. The van der Waals surface area contributed by atoms with Gasteiger partial charge in [-0.3, -0.25) is 0 Å². The Labute approximate surface area is 90.7 Å². The molecule has 1 aromatic heterocycles. The van der Waals surface area contributed by atoms with Gasteiger partial charge in [-0.1, -0.05) is 18.6 Å². The van der Waals surface area contributed by atoms with E-state index in [4.69, 9.17) is 5.26 Å². The lowest BCUT2D eigenvalue weighted by atomic mass is 10.2.